The topological polar surface area (TPSA) is 66.8 Å². The Kier molecular flexibility index (Phi) is 5.52. The van der Waals surface area contributed by atoms with E-state index in [0.717, 1.165) is 23.8 Å². The van der Waals surface area contributed by atoms with Gasteiger partial charge in [-0.3, -0.25) is 4.79 Å². The molecular formula is C15H19NO4S. The van der Waals surface area contributed by atoms with Crippen molar-refractivity contribution in [1.29, 1.82) is 0 Å². The first-order chi connectivity index (χ1) is 10.1. The van der Waals surface area contributed by atoms with Gasteiger partial charge in [-0.2, -0.15) is 0 Å². The van der Waals surface area contributed by atoms with Gasteiger partial charge in [0.25, 0.3) is 5.91 Å². The Morgan fingerprint density at radius 3 is 2.76 bits per heavy atom. The molecule has 1 aromatic rings. The predicted molar refractivity (Wildman–Crippen MR) is 81.5 cm³/mol. The number of carbonyl (C=O) groups is 2. The van der Waals surface area contributed by atoms with Crippen molar-refractivity contribution in [3.63, 3.8) is 0 Å². The van der Waals surface area contributed by atoms with Crippen molar-refractivity contribution in [1.82, 2.24) is 4.90 Å². The van der Waals surface area contributed by atoms with Crippen molar-refractivity contribution in [2.45, 2.75) is 25.9 Å². The number of amides is 1. The van der Waals surface area contributed by atoms with Crippen molar-refractivity contribution in [3.05, 3.63) is 28.0 Å². The fourth-order valence-corrected chi connectivity index (χ4v) is 3.21. The fraction of sp³-hybridized carbons (Fsp3) is 0.467. The Labute approximate surface area is 127 Å². The molecule has 1 N–H and O–H groups in total. The molecule has 0 radical (unpaired) electrons. The van der Waals surface area contributed by atoms with E-state index in [-0.39, 0.29) is 12.0 Å². The average Bonchev–Trinajstić information content (AvgIpc) is 2.94. The maximum atomic E-state index is 12.4. The molecule has 6 heteroatoms. The minimum absolute atomic E-state index is 0.0184. The van der Waals surface area contributed by atoms with Gasteiger partial charge in [0.1, 0.15) is 0 Å². The molecule has 5 nitrogen and oxygen atoms in total. The lowest BCUT2D eigenvalue weighted by atomic mass is 10.1. The molecule has 1 fully saturated rings. The van der Waals surface area contributed by atoms with Crippen LogP contribution < -0.4 is 0 Å². The third kappa shape index (κ3) is 4.41. The second-order valence-corrected chi connectivity index (χ2v) is 5.94. The number of carboxylic acids is 1. The highest BCUT2D eigenvalue weighted by Crippen LogP contribution is 2.22. The Morgan fingerprint density at radius 2 is 2.14 bits per heavy atom. The molecule has 21 heavy (non-hydrogen) atoms. The molecule has 1 aliphatic rings. The first-order valence-electron chi connectivity index (χ1n) is 7.02. The number of piperidine rings is 1. The number of carbonyl (C=O) groups excluding carboxylic acids is 1. The van der Waals surface area contributed by atoms with Gasteiger partial charge in [0.2, 0.25) is 0 Å². The number of carboxylic acid groups (broad SMARTS) is 1. The molecule has 114 valence electrons. The number of ether oxygens (including phenoxy) is 1. The Bertz CT molecular complexity index is 530. The molecular weight excluding hydrogens is 290 g/mol. The molecule has 1 saturated heterocycles. The molecule has 1 amide bonds. The highest BCUT2D eigenvalue weighted by Gasteiger charge is 2.24. The van der Waals surface area contributed by atoms with E-state index in [1.807, 2.05) is 11.8 Å². The van der Waals surface area contributed by atoms with Gasteiger partial charge in [0.05, 0.1) is 11.0 Å². The van der Waals surface area contributed by atoms with Crippen LogP contribution in [0, 0.1) is 0 Å². The standard InChI is InChI=1S/C15H19NO4S/c1-2-20-11-7-9-16(10-8-11)15(19)13-5-3-12(21-13)4-6-14(17)18/h3-6,11H,2,7-10H2,1H3,(H,17,18). The SMILES string of the molecule is CCOC1CCN(C(=O)c2ccc(C=CC(=O)O)s2)CC1. The quantitative estimate of drug-likeness (QED) is 0.849. The maximum absolute atomic E-state index is 12.4. The summed E-state index contributed by atoms with van der Waals surface area (Å²) in [7, 11) is 0. The largest absolute Gasteiger partial charge is 0.478 e. The summed E-state index contributed by atoms with van der Waals surface area (Å²) in [5.74, 6) is -0.973. The number of hydrogen-bond donors (Lipinski definition) is 1. The van der Waals surface area contributed by atoms with Gasteiger partial charge in [-0.25, -0.2) is 4.79 Å². The van der Waals surface area contributed by atoms with Gasteiger partial charge in [-0.05, 0) is 38.0 Å². The second-order valence-electron chi connectivity index (χ2n) is 4.82. The average molecular weight is 309 g/mol. The molecule has 0 bridgehead atoms. The van der Waals surface area contributed by atoms with E-state index >= 15 is 0 Å². The monoisotopic (exact) mass is 309 g/mol. The van der Waals surface area contributed by atoms with Crippen molar-refractivity contribution < 1.29 is 19.4 Å². The third-order valence-electron chi connectivity index (χ3n) is 3.36. The van der Waals surface area contributed by atoms with Crippen LogP contribution in [0.15, 0.2) is 18.2 Å². The molecule has 0 unspecified atom stereocenters. The predicted octanol–water partition coefficient (Wildman–Crippen LogP) is 2.49. The summed E-state index contributed by atoms with van der Waals surface area (Å²) in [6.07, 6.45) is 4.59. The van der Waals surface area contributed by atoms with Crippen LogP contribution in [0.2, 0.25) is 0 Å². The van der Waals surface area contributed by atoms with Crippen molar-refractivity contribution >= 4 is 29.3 Å². The first-order valence-corrected chi connectivity index (χ1v) is 7.83. The van der Waals surface area contributed by atoms with Gasteiger partial charge in [-0.15, -0.1) is 11.3 Å². The minimum Gasteiger partial charge on any atom is -0.478 e. The maximum Gasteiger partial charge on any atom is 0.328 e. The zero-order chi connectivity index (χ0) is 15.2. The van der Waals surface area contributed by atoms with Gasteiger partial charge in [0, 0.05) is 30.6 Å². The molecule has 2 rings (SSSR count). The number of hydrogen-bond acceptors (Lipinski definition) is 4. The summed E-state index contributed by atoms with van der Waals surface area (Å²) in [6, 6.07) is 3.52. The lowest BCUT2D eigenvalue weighted by Gasteiger charge is -2.31. The van der Waals surface area contributed by atoms with Crippen molar-refractivity contribution in [2.75, 3.05) is 19.7 Å². The first kappa shape index (κ1) is 15.7. The highest BCUT2D eigenvalue weighted by atomic mass is 32.1. The van der Waals surface area contributed by atoms with E-state index in [4.69, 9.17) is 9.84 Å². The third-order valence-corrected chi connectivity index (χ3v) is 4.40. The zero-order valence-electron chi connectivity index (χ0n) is 11.9. The molecule has 1 aliphatic heterocycles. The summed E-state index contributed by atoms with van der Waals surface area (Å²) >= 11 is 1.32. The van der Waals surface area contributed by atoms with Gasteiger partial charge in [-0.1, -0.05) is 0 Å². The summed E-state index contributed by atoms with van der Waals surface area (Å²) < 4.78 is 5.57. The fourth-order valence-electron chi connectivity index (χ4n) is 2.33. The molecule has 0 spiro atoms. The van der Waals surface area contributed by atoms with Crippen LogP contribution in [-0.4, -0.2) is 47.7 Å². The summed E-state index contributed by atoms with van der Waals surface area (Å²) in [5.41, 5.74) is 0. The van der Waals surface area contributed by atoms with Crippen molar-refractivity contribution in [2.24, 2.45) is 0 Å². The molecule has 1 aromatic heterocycles. The van der Waals surface area contributed by atoms with Crippen LogP contribution in [0.4, 0.5) is 0 Å². The smallest absolute Gasteiger partial charge is 0.328 e. The normalized spacial score (nSPS) is 16.5. The zero-order valence-corrected chi connectivity index (χ0v) is 12.8. The number of rotatable bonds is 5. The Balaban J connectivity index is 1.93. The minimum atomic E-state index is -0.991. The summed E-state index contributed by atoms with van der Waals surface area (Å²) in [4.78, 5) is 26.1. The lowest BCUT2D eigenvalue weighted by Crippen LogP contribution is -2.40. The van der Waals surface area contributed by atoms with Crippen LogP contribution in [-0.2, 0) is 9.53 Å². The Morgan fingerprint density at radius 1 is 1.43 bits per heavy atom. The van der Waals surface area contributed by atoms with E-state index < -0.39 is 5.97 Å². The molecule has 0 saturated carbocycles. The van der Waals surface area contributed by atoms with E-state index in [0.29, 0.717) is 24.6 Å². The number of thiophene rings is 1. The molecule has 2 heterocycles. The number of likely N-dealkylation sites (tertiary alicyclic amines) is 1. The van der Waals surface area contributed by atoms with Gasteiger partial charge in [0.15, 0.2) is 0 Å². The molecule has 0 aromatic carbocycles. The van der Waals surface area contributed by atoms with Gasteiger partial charge >= 0.3 is 5.97 Å². The second kappa shape index (κ2) is 7.38. The van der Waals surface area contributed by atoms with E-state index in [1.165, 1.54) is 17.4 Å². The van der Waals surface area contributed by atoms with Crippen molar-refractivity contribution in [3.8, 4) is 0 Å². The summed E-state index contributed by atoms with van der Waals surface area (Å²) in [5, 5.41) is 8.59. The lowest BCUT2D eigenvalue weighted by molar-refractivity contribution is -0.131. The van der Waals surface area contributed by atoms with Crippen LogP contribution in [0.3, 0.4) is 0 Å². The van der Waals surface area contributed by atoms with E-state index in [2.05, 4.69) is 0 Å². The Hall–Kier alpha value is -1.66. The number of aliphatic carboxylic acids is 1. The molecule has 0 atom stereocenters. The number of nitrogens with zero attached hydrogens (tertiary/aromatic N) is 1. The highest BCUT2D eigenvalue weighted by molar-refractivity contribution is 7.14. The van der Waals surface area contributed by atoms with Crippen LogP contribution in [0.5, 0.6) is 0 Å². The van der Waals surface area contributed by atoms with Gasteiger partial charge < -0.3 is 14.7 Å². The van der Waals surface area contributed by atoms with E-state index in [9.17, 15) is 9.59 Å². The van der Waals surface area contributed by atoms with E-state index in [1.54, 1.807) is 12.1 Å². The van der Waals surface area contributed by atoms with Crippen LogP contribution >= 0.6 is 11.3 Å². The summed E-state index contributed by atoms with van der Waals surface area (Å²) in [6.45, 7) is 4.11. The van der Waals surface area contributed by atoms with Crippen LogP contribution in [0.1, 0.15) is 34.3 Å². The van der Waals surface area contributed by atoms with Crippen LogP contribution in [0.25, 0.3) is 6.08 Å². The molecule has 0 aliphatic carbocycles.